The van der Waals surface area contributed by atoms with Crippen molar-refractivity contribution in [1.29, 1.82) is 0 Å². The number of alkyl carbamates (subject to hydrolysis) is 1. The quantitative estimate of drug-likeness (QED) is 0.566. The summed E-state index contributed by atoms with van der Waals surface area (Å²) in [5.74, 6) is -0.363. The molecule has 2 amide bonds. The van der Waals surface area contributed by atoms with Gasteiger partial charge in [0.15, 0.2) is 0 Å². The van der Waals surface area contributed by atoms with Crippen LogP contribution in [0.25, 0.3) is 0 Å². The molecule has 0 fully saturated rings. The summed E-state index contributed by atoms with van der Waals surface area (Å²) in [5.41, 5.74) is -0.777. The molecule has 1 atom stereocenters. The van der Waals surface area contributed by atoms with E-state index in [-0.39, 0.29) is 30.7 Å². The van der Waals surface area contributed by atoms with Gasteiger partial charge in [-0.3, -0.25) is 19.6 Å². The normalized spacial score (nSPS) is 12.3. The Hall–Kier alpha value is -2.65. The smallest absolute Gasteiger partial charge is 0.407 e. The van der Waals surface area contributed by atoms with E-state index in [2.05, 4.69) is 15.7 Å². The summed E-state index contributed by atoms with van der Waals surface area (Å²) in [6.07, 6.45) is 2.31. The van der Waals surface area contributed by atoms with E-state index in [0.717, 1.165) is 6.20 Å². The Labute approximate surface area is 139 Å². The molecule has 0 spiro atoms. The zero-order valence-corrected chi connectivity index (χ0v) is 14.2. The Morgan fingerprint density at radius 3 is 2.62 bits per heavy atom. The van der Waals surface area contributed by atoms with Crippen molar-refractivity contribution in [2.24, 2.45) is 0 Å². The fourth-order valence-electron chi connectivity index (χ4n) is 1.75. The molecule has 2 N–H and O–H groups in total. The molecule has 24 heavy (non-hydrogen) atoms. The molecule has 1 rings (SSSR count). The number of rotatable bonds is 7. The third kappa shape index (κ3) is 7.07. The van der Waals surface area contributed by atoms with Gasteiger partial charge in [0.05, 0.1) is 4.92 Å². The Bertz CT molecular complexity index is 593. The van der Waals surface area contributed by atoms with Gasteiger partial charge in [-0.25, -0.2) is 4.79 Å². The maximum Gasteiger partial charge on any atom is 0.407 e. The highest BCUT2D eigenvalue weighted by Crippen LogP contribution is 2.08. The van der Waals surface area contributed by atoms with Crippen molar-refractivity contribution in [2.75, 3.05) is 6.54 Å². The lowest BCUT2D eigenvalue weighted by Crippen LogP contribution is -2.45. The third-order valence-corrected chi connectivity index (χ3v) is 2.90. The minimum absolute atomic E-state index is 0.142. The molecule has 0 aliphatic carbocycles. The zero-order chi connectivity index (χ0) is 18.3. The van der Waals surface area contributed by atoms with Gasteiger partial charge in [-0.2, -0.15) is 5.10 Å². The number of hydrogen-bond donors (Lipinski definition) is 2. The number of amides is 2. The maximum absolute atomic E-state index is 11.8. The van der Waals surface area contributed by atoms with Crippen molar-refractivity contribution < 1.29 is 19.2 Å². The van der Waals surface area contributed by atoms with Crippen LogP contribution in [0, 0.1) is 10.1 Å². The maximum atomic E-state index is 11.8. The minimum atomic E-state index is -0.597. The summed E-state index contributed by atoms with van der Waals surface area (Å²) in [7, 11) is 0. The predicted octanol–water partition coefficient (Wildman–Crippen LogP) is 1.21. The summed E-state index contributed by atoms with van der Waals surface area (Å²) < 4.78 is 6.33. The van der Waals surface area contributed by atoms with Crippen molar-refractivity contribution >= 4 is 17.7 Å². The second kappa shape index (κ2) is 8.27. The van der Waals surface area contributed by atoms with E-state index in [4.69, 9.17) is 4.74 Å². The molecule has 1 aromatic rings. The van der Waals surface area contributed by atoms with Crippen LogP contribution in [0.3, 0.4) is 0 Å². The van der Waals surface area contributed by atoms with Crippen LogP contribution in [-0.4, -0.2) is 44.9 Å². The fourth-order valence-corrected chi connectivity index (χ4v) is 1.75. The fraction of sp³-hybridized carbons (Fsp3) is 0.643. The van der Waals surface area contributed by atoms with E-state index in [9.17, 15) is 19.7 Å². The predicted molar refractivity (Wildman–Crippen MR) is 85.3 cm³/mol. The SMILES string of the molecule is CC[C@@H](CNC(=O)Cn1cc([N+](=O)[O-])cn1)NC(=O)OC(C)(C)C. The second-order valence-electron chi connectivity index (χ2n) is 6.21. The minimum Gasteiger partial charge on any atom is -0.444 e. The van der Waals surface area contributed by atoms with Gasteiger partial charge >= 0.3 is 11.8 Å². The number of hydrogen-bond acceptors (Lipinski definition) is 6. The molecular formula is C14H23N5O5. The van der Waals surface area contributed by atoms with E-state index in [1.54, 1.807) is 20.8 Å². The second-order valence-corrected chi connectivity index (χ2v) is 6.21. The number of carbonyl (C=O) groups is 2. The highest BCUT2D eigenvalue weighted by molar-refractivity contribution is 5.75. The standard InChI is InChI=1S/C14H23N5O5/c1-5-10(17-13(21)24-14(2,3)4)6-15-12(20)9-18-8-11(7-16-18)19(22)23/h7-8,10H,5-6,9H2,1-4H3,(H,15,20)(H,17,21)/t10-/m0/s1. The van der Waals surface area contributed by atoms with Crippen LogP contribution >= 0.6 is 0 Å². The number of ether oxygens (including phenoxy) is 1. The number of carbonyl (C=O) groups excluding carboxylic acids is 2. The molecule has 0 unspecified atom stereocenters. The lowest BCUT2D eigenvalue weighted by atomic mass is 10.2. The number of nitro groups is 1. The molecule has 10 heteroatoms. The first-order valence-electron chi connectivity index (χ1n) is 7.53. The van der Waals surface area contributed by atoms with Gasteiger partial charge in [0.1, 0.15) is 24.5 Å². The first kappa shape index (κ1) is 19.4. The van der Waals surface area contributed by atoms with Crippen molar-refractivity contribution in [1.82, 2.24) is 20.4 Å². The number of nitrogens with one attached hydrogen (secondary N) is 2. The third-order valence-electron chi connectivity index (χ3n) is 2.90. The van der Waals surface area contributed by atoms with E-state index < -0.39 is 16.6 Å². The summed E-state index contributed by atoms with van der Waals surface area (Å²) in [4.78, 5) is 33.5. The average molecular weight is 341 g/mol. The van der Waals surface area contributed by atoms with Gasteiger partial charge in [0.2, 0.25) is 5.91 Å². The average Bonchev–Trinajstić information content (AvgIpc) is 2.90. The molecule has 10 nitrogen and oxygen atoms in total. The van der Waals surface area contributed by atoms with Gasteiger partial charge < -0.3 is 15.4 Å². The van der Waals surface area contributed by atoms with Crippen LogP contribution in [0.4, 0.5) is 10.5 Å². The molecule has 1 aromatic heterocycles. The highest BCUT2D eigenvalue weighted by atomic mass is 16.6. The number of aromatic nitrogens is 2. The largest absolute Gasteiger partial charge is 0.444 e. The molecule has 0 radical (unpaired) electrons. The van der Waals surface area contributed by atoms with E-state index >= 15 is 0 Å². The Kier molecular flexibility index (Phi) is 6.69. The Balaban J connectivity index is 2.42. The van der Waals surface area contributed by atoms with Crippen LogP contribution in [-0.2, 0) is 16.1 Å². The van der Waals surface area contributed by atoms with Crippen molar-refractivity contribution in [3.8, 4) is 0 Å². The zero-order valence-electron chi connectivity index (χ0n) is 14.2. The van der Waals surface area contributed by atoms with Crippen LogP contribution in [0.1, 0.15) is 34.1 Å². The monoisotopic (exact) mass is 341 g/mol. The molecule has 0 aliphatic heterocycles. The molecule has 0 bridgehead atoms. The van der Waals surface area contributed by atoms with Crippen molar-refractivity contribution in [3.63, 3.8) is 0 Å². The topological polar surface area (TPSA) is 128 Å². The lowest BCUT2D eigenvalue weighted by Gasteiger charge is -2.23. The molecule has 0 aliphatic rings. The van der Waals surface area contributed by atoms with Crippen molar-refractivity contribution in [3.05, 3.63) is 22.5 Å². The first-order chi connectivity index (χ1) is 11.1. The van der Waals surface area contributed by atoms with E-state index in [1.165, 1.54) is 10.9 Å². The van der Waals surface area contributed by atoms with Gasteiger partial charge in [0.25, 0.3) is 0 Å². The Morgan fingerprint density at radius 2 is 2.12 bits per heavy atom. The summed E-state index contributed by atoms with van der Waals surface area (Å²) in [5, 5.41) is 19.6. The van der Waals surface area contributed by atoms with Gasteiger partial charge in [-0.05, 0) is 27.2 Å². The highest BCUT2D eigenvalue weighted by Gasteiger charge is 2.19. The van der Waals surface area contributed by atoms with Crippen LogP contribution in [0.2, 0.25) is 0 Å². The molecular weight excluding hydrogens is 318 g/mol. The first-order valence-corrected chi connectivity index (χ1v) is 7.53. The Morgan fingerprint density at radius 1 is 1.46 bits per heavy atom. The molecule has 134 valence electrons. The molecule has 0 saturated carbocycles. The van der Waals surface area contributed by atoms with Gasteiger partial charge in [-0.1, -0.05) is 6.92 Å². The lowest BCUT2D eigenvalue weighted by molar-refractivity contribution is -0.385. The molecule has 0 aromatic carbocycles. The summed E-state index contributed by atoms with van der Waals surface area (Å²) in [6.45, 7) is 7.23. The number of nitrogens with zero attached hydrogens (tertiary/aromatic N) is 3. The van der Waals surface area contributed by atoms with Crippen LogP contribution in [0.5, 0.6) is 0 Å². The van der Waals surface area contributed by atoms with Gasteiger partial charge in [-0.15, -0.1) is 0 Å². The van der Waals surface area contributed by atoms with Gasteiger partial charge in [0, 0.05) is 12.6 Å². The van der Waals surface area contributed by atoms with Crippen molar-refractivity contribution in [2.45, 2.75) is 52.3 Å². The summed E-state index contributed by atoms with van der Waals surface area (Å²) in [6, 6.07) is -0.282. The molecule has 0 saturated heterocycles. The summed E-state index contributed by atoms with van der Waals surface area (Å²) >= 11 is 0. The van der Waals surface area contributed by atoms with E-state index in [1.807, 2.05) is 6.92 Å². The van der Waals surface area contributed by atoms with Crippen LogP contribution in [0.15, 0.2) is 12.4 Å². The van der Waals surface area contributed by atoms with Crippen LogP contribution < -0.4 is 10.6 Å². The molecule has 1 heterocycles. The van der Waals surface area contributed by atoms with E-state index in [0.29, 0.717) is 6.42 Å².